The molecule has 1 saturated heterocycles. The molecule has 0 aromatic heterocycles. The van der Waals surface area contributed by atoms with Crippen molar-refractivity contribution in [3.05, 3.63) is 59.7 Å². The van der Waals surface area contributed by atoms with Gasteiger partial charge in [-0.05, 0) is 30.5 Å². The van der Waals surface area contributed by atoms with E-state index in [1.807, 2.05) is 30.3 Å². The smallest absolute Gasteiger partial charge is 0.410 e. The number of rotatable bonds is 4. The highest BCUT2D eigenvalue weighted by atomic mass is 16.6. The number of hydrogen-bond donors (Lipinski definition) is 3. The molecule has 142 valence electrons. The Balaban J connectivity index is 1.45. The second-order valence-electron chi connectivity index (χ2n) is 6.51. The Morgan fingerprint density at radius 1 is 1.04 bits per heavy atom. The maximum atomic E-state index is 12.3. The number of piperidine rings is 1. The van der Waals surface area contributed by atoms with Crippen molar-refractivity contribution in [3.8, 4) is 11.5 Å². The van der Waals surface area contributed by atoms with Crippen molar-refractivity contribution < 1.29 is 24.5 Å². The summed E-state index contributed by atoms with van der Waals surface area (Å²) in [6.45, 7) is 1.21. The number of phenols is 2. The summed E-state index contributed by atoms with van der Waals surface area (Å²) >= 11 is 0. The van der Waals surface area contributed by atoms with Crippen LogP contribution in [0, 0.1) is 0 Å². The number of likely N-dealkylation sites (tertiary alicyclic amines) is 1. The van der Waals surface area contributed by atoms with Crippen LogP contribution in [0.5, 0.6) is 11.5 Å². The van der Waals surface area contributed by atoms with Gasteiger partial charge in [0.25, 0.3) is 5.91 Å². The van der Waals surface area contributed by atoms with Crippen molar-refractivity contribution in [2.45, 2.75) is 25.5 Å². The van der Waals surface area contributed by atoms with Gasteiger partial charge in [0.05, 0.1) is 0 Å². The number of phenolic OH excluding ortho intramolecular Hbond substituents is 2. The maximum Gasteiger partial charge on any atom is 0.410 e. The lowest BCUT2D eigenvalue weighted by molar-refractivity contribution is 0.0808. The van der Waals surface area contributed by atoms with Crippen molar-refractivity contribution in [1.29, 1.82) is 0 Å². The van der Waals surface area contributed by atoms with Crippen molar-refractivity contribution in [2.75, 3.05) is 13.1 Å². The molecule has 7 nitrogen and oxygen atoms in total. The van der Waals surface area contributed by atoms with Crippen LogP contribution in [0.4, 0.5) is 4.79 Å². The van der Waals surface area contributed by atoms with Gasteiger partial charge in [-0.1, -0.05) is 30.3 Å². The predicted octanol–water partition coefficient (Wildman–Crippen LogP) is 2.63. The number of amides is 2. The zero-order valence-corrected chi connectivity index (χ0v) is 14.8. The molecule has 3 N–H and O–H groups in total. The average Bonchev–Trinajstić information content (AvgIpc) is 2.66. The Morgan fingerprint density at radius 3 is 2.30 bits per heavy atom. The van der Waals surface area contributed by atoms with E-state index in [0.717, 1.165) is 11.6 Å². The first-order valence-corrected chi connectivity index (χ1v) is 8.81. The van der Waals surface area contributed by atoms with Gasteiger partial charge in [-0.3, -0.25) is 4.79 Å². The fraction of sp³-hybridized carbons (Fsp3) is 0.300. The van der Waals surface area contributed by atoms with Crippen molar-refractivity contribution in [2.24, 2.45) is 0 Å². The number of hydrogen-bond acceptors (Lipinski definition) is 5. The summed E-state index contributed by atoms with van der Waals surface area (Å²) in [6.07, 6.45) is 0.857. The first kappa shape index (κ1) is 18.6. The predicted molar refractivity (Wildman–Crippen MR) is 98.5 cm³/mol. The highest BCUT2D eigenvalue weighted by molar-refractivity contribution is 5.95. The van der Waals surface area contributed by atoms with E-state index in [-0.39, 0.29) is 41.7 Å². The number of nitrogens with one attached hydrogen (secondary N) is 1. The fourth-order valence-corrected chi connectivity index (χ4v) is 3.01. The van der Waals surface area contributed by atoms with Crippen LogP contribution in [0.15, 0.2) is 48.5 Å². The fourth-order valence-electron chi connectivity index (χ4n) is 3.01. The molecule has 1 heterocycles. The Kier molecular flexibility index (Phi) is 5.80. The summed E-state index contributed by atoms with van der Waals surface area (Å²) < 4.78 is 5.32. The quantitative estimate of drug-likeness (QED) is 0.768. The Hall–Kier alpha value is -3.22. The summed E-state index contributed by atoms with van der Waals surface area (Å²) in [5, 5.41) is 21.8. The van der Waals surface area contributed by atoms with Crippen LogP contribution in [0.25, 0.3) is 0 Å². The molecule has 2 amide bonds. The topological polar surface area (TPSA) is 99.1 Å². The molecule has 1 aliphatic heterocycles. The van der Waals surface area contributed by atoms with Gasteiger partial charge in [0, 0.05) is 30.8 Å². The Bertz CT molecular complexity index is 781. The molecule has 0 bridgehead atoms. The van der Waals surface area contributed by atoms with E-state index >= 15 is 0 Å². The van der Waals surface area contributed by atoms with Crippen LogP contribution in [-0.2, 0) is 11.3 Å². The molecule has 1 fully saturated rings. The number of aromatic hydroxyl groups is 2. The monoisotopic (exact) mass is 370 g/mol. The summed E-state index contributed by atoms with van der Waals surface area (Å²) in [7, 11) is 0. The molecule has 0 spiro atoms. The first-order chi connectivity index (χ1) is 13.0. The Labute approximate surface area is 157 Å². The van der Waals surface area contributed by atoms with Gasteiger partial charge in [0.15, 0.2) is 0 Å². The third-order valence-corrected chi connectivity index (χ3v) is 4.46. The SMILES string of the molecule is O=C(NC1CCN(C(=O)OCc2ccccc2)CC1)c1cc(O)cc(O)c1. The molecule has 0 saturated carbocycles. The molecule has 0 radical (unpaired) electrons. The summed E-state index contributed by atoms with van der Waals surface area (Å²) in [5.41, 5.74) is 1.12. The molecule has 0 unspecified atom stereocenters. The van der Waals surface area contributed by atoms with Gasteiger partial charge in [-0.25, -0.2) is 4.79 Å². The lowest BCUT2D eigenvalue weighted by Crippen LogP contribution is -2.46. The normalized spacial score (nSPS) is 14.6. The number of carbonyl (C=O) groups is 2. The van der Waals surface area contributed by atoms with Gasteiger partial charge in [0.1, 0.15) is 18.1 Å². The van der Waals surface area contributed by atoms with Crippen LogP contribution in [0.2, 0.25) is 0 Å². The van der Waals surface area contributed by atoms with Gasteiger partial charge in [-0.2, -0.15) is 0 Å². The number of nitrogens with zero attached hydrogens (tertiary/aromatic N) is 1. The maximum absolute atomic E-state index is 12.3. The van der Waals surface area contributed by atoms with Gasteiger partial charge < -0.3 is 25.2 Å². The van der Waals surface area contributed by atoms with Crippen LogP contribution in [-0.4, -0.2) is 46.2 Å². The zero-order valence-electron chi connectivity index (χ0n) is 14.8. The van der Waals surface area contributed by atoms with Crippen LogP contribution < -0.4 is 5.32 Å². The van der Waals surface area contributed by atoms with E-state index < -0.39 is 0 Å². The summed E-state index contributed by atoms with van der Waals surface area (Å²) in [4.78, 5) is 26.0. The summed E-state index contributed by atoms with van der Waals surface area (Å²) in [6, 6.07) is 13.2. The average molecular weight is 370 g/mol. The molecule has 7 heteroatoms. The number of ether oxygens (including phenoxy) is 1. The van der Waals surface area contributed by atoms with E-state index in [2.05, 4.69) is 5.32 Å². The van der Waals surface area contributed by atoms with E-state index in [1.54, 1.807) is 4.90 Å². The molecular weight excluding hydrogens is 348 g/mol. The molecule has 3 rings (SSSR count). The highest BCUT2D eigenvalue weighted by Gasteiger charge is 2.25. The second kappa shape index (κ2) is 8.44. The lowest BCUT2D eigenvalue weighted by atomic mass is 10.0. The largest absolute Gasteiger partial charge is 0.508 e. The van der Waals surface area contributed by atoms with E-state index in [1.165, 1.54) is 12.1 Å². The highest BCUT2D eigenvalue weighted by Crippen LogP contribution is 2.21. The van der Waals surface area contributed by atoms with Crippen LogP contribution in [0.1, 0.15) is 28.8 Å². The van der Waals surface area contributed by atoms with E-state index in [4.69, 9.17) is 4.74 Å². The number of benzene rings is 2. The van der Waals surface area contributed by atoms with Crippen molar-refractivity contribution in [3.63, 3.8) is 0 Å². The molecule has 2 aromatic carbocycles. The third-order valence-electron chi connectivity index (χ3n) is 4.46. The zero-order chi connectivity index (χ0) is 19.2. The minimum atomic E-state index is -0.369. The minimum Gasteiger partial charge on any atom is -0.508 e. The Morgan fingerprint density at radius 2 is 1.67 bits per heavy atom. The van der Waals surface area contributed by atoms with Crippen molar-refractivity contribution in [1.82, 2.24) is 10.2 Å². The third kappa shape index (κ3) is 5.13. The molecule has 0 aliphatic carbocycles. The van der Waals surface area contributed by atoms with Gasteiger partial charge in [-0.15, -0.1) is 0 Å². The minimum absolute atomic E-state index is 0.0832. The van der Waals surface area contributed by atoms with Crippen molar-refractivity contribution >= 4 is 12.0 Å². The molecule has 27 heavy (non-hydrogen) atoms. The van der Waals surface area contributed by atoms with Gasteiger partial charge in [0.2, 0.25) is 0 Å². The van der Waals surface area contributed by atoms with Gasteiger partial charge >= 0.3 is 6.09 Å². The molecular formula is C20H22N2O5. The molecule has 0 atom stereocenters. The van der Waals surface area contributed by atoms with Crippen LogP contribution >= 0.6 is 0 Å². The summed E-state index contributed by atoms with van der Waals surface area (Å²) in [5.74, 6) is -0.710. The first-order valence-electron chi connectivity index (χ1n) is 8.81. The second-order valence-corrected chi connectivity index (χ2v) is 6.51. The lowest BCUT2D eigenvalue weighted by Gasteiger charge is -2.31. The van der Waals surface area contributed by atoms with Crippen LogP contribution in [0.3, 0.4) is 0 Å². The number of carbonyl (C=O) groups excluding carboxylic acids is 2. The molecule has 1 aliphatic rings. The van der Waals surface area contributed by atoms with E-state index in [0.29, 0.717) is 25.9 Å². The van der Waals surface area contributed by atoms with E-state index in [9.17, 15) is 19.8 Å². The molecule has 2 aromatic rings. The standard InChI is InChI=1S/C20H22N2O5/c23-17-10-15(11-18(24)12-17)19(25)21-16-6-8-22(9-7-16)20(26)27-13-14-4-2-1-3-5-14/h1-5,10-12,16,23-24H,6-9,13H2,(H,21,25).